The molecule has 0 unspecified atom stereocenters. The molecular weight excluding hydrogens is 318 g/mol. The van der Waals surface area contributed by atoms with Gasteiger partial charge in [-0.15, -0.1) is 0 Å². The van der Waals surface area contributed by atoms with E-state index in [0.717, 1.165) is 27.0 Å². The van der Waals surface area contributed by atoms with Crippen molar-refractivity contribution >= 4 is 27.5 Å². The molecule has 0 radical (unpaired) electrons. The fourth-order valence-electron chi connectivity index (χ4n) is 1.77. The highest BCUT2D eigenvalue weighted by Crippen LogP contribution is 2.26. The number of para-hydroxylation sites is 1. The summed E-state index contributed by atoms with van der Waals surface area (Å²) in [7, 11) is 0. The summed E-state index contributed by atoms with van der Waals surface area (Å²) < 4.78 is 6.61. The molecule has 1 N–H and O–H groups in total. The lowest BCUT2D eigenvalue weighted by molar-refractivity contribution is -0.118. The van der Waals surface area contributed by atoms with Gasteiger partial charge in [-0.05, 0) is 49.2 Å². The molecule has 2 rings (SSSR count). The van der Waals surface area contributed by atoms with Crippen LogP contribution in [-0.4, -0.2) is 12.5 Å². The molecule has 4 heteroatoms. The summed E-state index contributed by atoms with van der Waals surface area (Å²) >= 11 is 3.47. The minimum atomic E-state index is -0.170. The van der Waals surface area contributed by atoms with Crippen molar-refractivity contribution in [3.05, 3.63) is 58.1 Å². The van der Waals surface area contributed by atoms with Crippen LogP contribution in [0.2, 0.25) is 0 Å². The summed E-state index contributed by atoms with van der Waals surface area (Å²) in [6.07, 6.45) is 0. The van der Waals surface area contributed by atoms with E-state index < -0.39 is 0 Å². The number of aryl methyl sites for hydroxylation is 2. The summed E-state index contributed by atoms with van der Waals surface area (Å²) in [6, 6.07) is 13.2. The van der Waals surface area contributed by atoms with E-state index in [1.54, 1.807) is 0 Å². The van der Waals surface area contributed by atoms with Gasteiger partial charge in [0.15, 0.2) is 6.61 Å². The van der Waals surface area contributed by atoms with Crippen molar-refractivity contribution in [2.75, 3.05) is 11.9 Å². The molecule has 3 nitrogen and oxygen atoms in total. The van der Waals surface area contributed by atoms with Gasteiger partial charge < -0.3 is 10.1 Å². The number of hydrogen-bond donors (Lipinski definition) is 1. The molecule has 0 aromatic heterocycles. The lowest BCUT2D eigenvalue weighted by atomic mass is 10.1. The molecular formula is C16H16BrNO2. The first-order chi connectivity index (χ1) is 9.56. The summed E-state index contributed by atoms with van der Waals surface area (Å²) in [4.78, 5) is 11.8. The summed E-state index contributed by atoms with van der Waals surface area (Å²) in [5.74, 6) is 0.560. The van der Waals surface area contributed by atoms with Crippen LogP contribution < -0.4 is 10.1 Å². The molecule has 0 spiro atoms. The van der Waals surface area contributed by atoms with Crippen molar-refractivity contribution in [3.63, 3.8) is 0 Å². The van der Waals surface area contributed by atoms with Crippen LogP contribution in [0.3, 0.4) is 0 Å². The van der Waals surface area contributed by atoms with Crippen LogP contribution in [-0.2, 0) is 4.79 Å². The van der Waals surface area contributed by atoms with Crippen LogP contribution in [0.1, 0.15) is 11.1 Å². The Morgan fingerprint density at radius 3 is 2.55 bits per heavy atom. The first-order valence-corrected chi connectivity index (χ1v) is 7.10. The van der Waals surface area contributed by atoms with Crippen LogP contribution in [0.15, 0.2) is 46.9 Å². The third-order valence-electron chi connectivity index (χ3n) is 2.87. The first-order valence-electron chi connectivity index (χ1n) is 6.30. The Hall–Kier alpha value is -1.81. The number of benzene rings is 2. The maximum atomic E-state index is 11.8. The van der Waals surface area contributed by atoms with Gasteiger partial charge in [-0.3, -0.25) is 4.79 Å². The number of nitrogens with one attached hydrogen (secondary N) is 1. The second kappa shape index (κ2) is 6.57. The highest BCUT2D eigenvalue weighted by Gasteiger charge is 2.07. The van der Waals surface area contributed by atoms with Crippen LogP contribution in [0, 0.1) is 13.8 Å². The topological polar surface area (TPSA) is 38.3 Å². The Balaban J connectivity index is 1.95. The van der Waals surface area contributed by atoms with E-state index in [2.05, 4.69) is 21.2 Å². The molecule has 0 saturated heterocycles. The Morgan fingerprint density at radius 1 is 1.15 bits per heavy atom. The number of hydrogen-bond acceptors (Lipinski definition) is 2. The minimum absolute atomic E-state index is 0.00317. The van der Waals surface area contributed by atoms with Gasteiger partial charge in [-0.25, -0.2) is 0 Å². The highest BCUT2D eigenvalue weighted by atomic mass is 79.9. The molecule has 2 aromatic carbocycles. The van der Waals surface area contributed by atoms with E-state index in [1.165, 1.54) is 0 Å². The van der Waals surface area contributed by atoms with E-state index in [1.807, 2.05) is 56.3 Å². The lowest BCUT2D eigenvalue weighted by Gasteiger charge is -2.11. The van der Waals surface area contributed by atoms with Gasteiger partial charge in [-0.1, -0.05) is 34.1 Å². The summed E-state index contributed by atoms with van der Waals surface area (Å²) in [5, 5.41) is 2.78. The molecule has 104 valence electrons. The van der Waals surface area contributed by atoms with Gasteiger partial charge in [0.25, 0.3) is 5.91 Å². The van der Waals surface area contributed by atoms with Gasteiger partial charge in [0.2, 0.25) is 0 Å². The Labute approximate surface area is 127 Å². The highest BCUT2D eigenvalue weighted by molar-refractivity contribution is 9.10. The smallest absolute Gasteiger partial charge is 0.262 e. The van der Waals surface area contributed by atoms with Gasteiger partial charge in [-0.2, -0.15) is 0 Å². The van der Waals surface area contributed by atoms with Gasteiger partial charge >= 0.3 is 0 Å². The number of carbonyl (C=O) groups excluding carboxylic acids is 1. The Bertz CT molecular complexity index is 611. The maximum Gasteiger partial charge on any atom is 0.262 e. The number of rotatable bonds is 4. The first kappa shape index (κ1) is 14.6. The largest absolute Gasteiger partial charge is 0.483 e. The molecule has 0 fully saturated rings. The van der Waals surface area contributed by atoms with Crippen molar-refractivity contribution in [3.8, 4) is 5.75 Å². The molecule has 0 heterocycles. The average Bonchev–Trinajstić information content (AvgIpc) is 2.42. The maximum absolute atomic E-state index is 11.8. The van der Waals surface area contributed by atoms with Crippen LogP contribution in [0.5, 0.6) is 5.75 Å². The molecule has 0 saturated carbocycles. The molecule has 20 heavy (non-hydrogen) atoms. The summed E-state index contributed by atoms with van der Waals surface area (Å²) in [5.41, 5.74) is 2.84. The third-order valence-corrected chi connectivity index (χ3v) is 3.73. The predicted molar refractivity (Wildman–Crippen MR) is 84.2 cm³/mol. The Morgan fingerprint density at radius 2 is 1.85 bits per heavy atom. The monoisotopic (exact) mass is 333 g/mol. The van der Waals surface area contributed by atoms with E-state index in [4.69, 9.17) is 4.74 Å². The predicted octanol–water partition coefficient (Wildman–Crippen LogP) is 4.08. The normalized spacial score (nSPS) is 10.2. The molecule has 0 aliphatic heterocycles. The number of anilines is 1. The molecule has 2 aromatic rings. The zero-order chi connectivity index (χ0) is 14.5. The average molecular weight is 334 g/mol. The van der Waals surface area contributed by atoms with E-state index in [-0.39, 0.29) is 12.5 Å². The quantitative estimate of drug-likeness (QED) is 0.915. The fraction of sp³-hybridized carbons (Fsp3) is 0.188. The fourth-order valence-corrected chi connectivity index (χ4v) is 2.23. The molecule has 0 atom stereocenters. The number of carbonyl (C=O) groups is 1. The van der Waals surface area contributed by atoms with E-state index in [0.29, 0.717) is 0 Å². The van der Waals surface area contributed by atoms with Crippen LogP contribution >= 0.6 is 15.9 Å². The van der Waals surface area contributed by atoms with Crippen LogP contribution in [0.4, 0.5) is 5.69 Å². The zero-order valence-electron chi connectivity index (χ0n) is 11.4. The van der Waals surface area contributed by atoms with Crippen LogP contribution in [0.25, 0.3) is 0 Å². The molecule has 0 bridgehead atoms. The van der Waals surface area contributed by atoms with E-state index >= 15 is 0 Å². The van der Waals surface area contributed by atoms with Crippen molar-refractivity contribution in [2.45, 2.75) is 13.8 Å². The Kier molecular flexibility index (Phi) is 4.79. The van der Waals surface area contributed by atoms with Crippen molar-refractivity contribution < 1.29 is 9.53 Å². The molecule has 0 aliphatic rings. The second-order valence-corrected chi connectivity index (χ2v) is 5.42. The van der Waals surface area contributed by atoms with Gasteiger partial charge in [0.05, 0.1) is 0 Å². The van der Waals surface area contributed by atoms with Gasteiger partial charge in [0.1, 0.15) is 5.75 Å². The van der Waals surface area contributed by atoms with Crippen molar-refractivity contribution in [1.29, 1.82) is 0 Å². The van der Waals surface area contributed by atoms with E-state index in [9.17, 15) is 4.79 Å². The third kappa shape index (κ3) is 3.84. The second-order valence-electron chi connectivity index (χ2n) is 4.57. The zero-order valence-corrected chi connectivity index (χ0v) is 13.0. The van der Waals surface area contributed by atoms with Gasteiger partial charge in [0, 0.05) is 10.2 Å². The molecule has 1 amide bonds. The van der Waals surface area contributed by atoms with Crippen molar-refractivity contribution in [1.82, 2.24) is 0 Å². The molecule has 0 aliphatic carbocycles. The number of ether oxygens (including phenoxy) is 1. The number of amides is 1. The number of halogens is 1. The lowest BCUT2D eigenvalue weighted by Crippen LogP contribution is -2.20. The minimum Gasteiger partial charge on any atom is -0.483 e. The standard InChI is InChI=1S/C16H16BrNO2/c1-11-9-15(12(2)8-14(11)17)20-10-16(19)18-13-6-4-3-5-7-13/h3-9H,10H2,1-2H3,(H,18,19). The van der Waals surface area contributed by atoms with Crippen molar-refractivity contribution in [2.24, 2.45) is 0 Å². The SMILES string of the molecule is Cc1cc(OCC(=O)Nc2ccccc2)c(C)cc1Br. The summed E-state index contributed by atoms with van der Waals surface area (Å²) in [6.45, 7) is 3.94.